The van der Waals surface area contributed by atoms with Crippen LogP contribution in [0.5, 0.6) is 0 Å². The van der Waals surface area contributed by atoms with Crippen molar-refractivity contribution >= 4 is 17.9 Å². The molecule has 1 rings (SSSR count). The Labute approximate surface area is 103 Å². The Bertz CT molecular complexity index is 216. The molecule has 94 valence electrons. The number of hydrogen-bond acceptors (Lipinski definition) is 3. The number of nitrogens with zero attached hydrogens (tertiary/aromatic N) is 1. The summed E-state index contributed by atoms with van der Waals surface area (Å²) in [6, 6.07) is 0. The molecule has 3 nitrogen and oxygen atoms in total. The van der Waals surface area contributed by atoms with Crippen LogP contribution in [-0.2, 0) is 4.74 Å². The molecular weight excluding hydrogens is 222 g/mol. The Balaban J connectivity index is 2.44. The van der Waals surface area contributed by atoms with E-state index in [4.69, 9.17) is 4.74 Å². The summed E-state index contributed by atoms with van der Waals surface area (Å²) < 4.78 is 5.39. The summed E-state index contributed by atoms with van der Waals surface area (Å²) in [6.07, 6.45) is 3.21. The third-order valence-corrected chi connectivity index (χ3v) is 3.49. The van der Waals surface area contributed by atoms with Crippen LogP contribution >= 0.6 is 11.8 Å². The van der Waals surface area contributed by atoms with Crippen LogP contribution in [0.1, 0.15) is 40.0 Å². The first-order valence-electron chi connectivity index (χ1n) is 6.05. The second-order valence-corrected chi connectivity index (χ2v) is 6.37. The molecule has 0 saturated carbocycles. The summed E-state index contributed by atoms with van der Waals surface area (Å²) in [5, 5.41) is 0. The predicted molar refractivity (Wildman–Crippen MR) is 69.0 cm³/mol. The zero-order chi connectivity index (χ0) is 12.0. The van der Waals surface area contributed by atoms with Crippen LogP contribution in [0.25, 0.3) is 0 Å². The highest BCUT2D eigenvalue weighted by atomic mass is 32.2. The zero-order valence-corrected chi connectivity index (χ0v) is 11.4. The fourth-order valence-electron chi connectivity index (χ4n) is 1.59. The summed E-state index contributed by atoms with van der Waals surface area (Å²) in [4.78, 5) is 13.7. The highest BCUT2D eigenvalue weighted by molar-refractivity contribution is 7.99. The summed E-state index contributed by atoms with van der Waals surface area (Å²) >= 11 is 1.99. The summed E-state index contributed by atoms with van der Waals surface area (Å²) in [5.41, 5.74) is -0.385. The van der Waals surface area contributed by atoms with Gasteiger partial charge in [-0.15, -0.1) is 0 Å². The number of carbonyl (C=O) groups is 1. The molecule has 0 N–H and O–H groups in total. The zero-order valence-electron chi connectivity index (χ0n) is 10.6. The maximum absolute atomic E-state index is 11.9. The summed E-state index contributed by atoms with van der Waals surface area (Å²) in [7, 11) is 0. The van der Waals surface area contributed by atoms with Crippen molar-refractivity contribution < 1.29 is 9.53 Å². The highest BCUT2D eigenvalue weighted by Crippen LogP contribution is 2.14. The molecule has 16 heavy (non-hydrogen) atoms. The van der Waals surface area contributed by atoms with E-state index in [1.54, 1.807) is 0 Å². The van der Waals surface area contributed by atoms with E-state index in [1.165, 1.54) is 12.2 Å². The normalized spacial score (nSPS) is 19.6. The molecule has 0 aromatic heterocycles. The van der Waals surface area contributed by atoms with Crippen LogP contribution in [0.3, 0.4) is 0 Å². The van der Waals surface area contributed by atoms with E-state index in [-0.39, 0.29) is 11.7 Å². The minimum atomic E-state index is -0.385. The Hall–Kier alpha value is -0.380. The number of rotatable bonds is 0. The number of hydrogen-bond donors (Lipinski definition) is 0. The first-order chi connectivity index (χ1) is 7.49. The van der Waals surface area contributed by atoms with E-state index in [0.29, 0.717) is 0 Å². The van der Waals surface area contributed by atoms with E-state index >= 15 is 0 Å². The maximum Gasteiger partial charge on any atom is 0.410 e. The standard InChI is InChI=1S/C12H23NO2S/c1-12(2,3)15-11(14)13-7-4-5-9-16-10-6-8-13/h4-10H2,1-3H3. The van der Waals surface area contributed by atoms with Crippen LogP contribution in [0.15, 0.2) is 0 Å². The molecule has 0 bridgehead atoms. The number of ether oxygens (including phenoxy) is 1. The predicted octanol–water partition coefficient (Wildman–Crippen LogP) is 3.14. The third kappa shape index (κ3) is 5.64. The van der Waals surface area contributed by atoms with Crippen molar-refractivity contribution in [1.82, 2.24) is 4.90 Å². The lowest BCUT2D eigenvalue weighted by Crippen LogP contribution is -2.38. The van der Waals surface area contributed by atoms with Crippen molar-refractivity contribution in [2.45, 2.75) is 45.6 Å². The van der Waals surface area contributed by atoms with Crippen molar-refractivity contribution in [2.24, 2.45) is 0 Å². The average molecular weight is 245 g/mol. The van der Waals surface area contributed by atoms with E-state index in [1.807, 2.05) is 37.4 Å². The van der Waals surface area contributed by atoms with Gasteiger partial charge < -0.3 is 9.64 Å². The van der Waals surface area contributed by atoms with Gasteiger partial charge in [-0.3, -0.25) is 0 Å². The van der Waals surface area contributed by atoms with Crippen LogP contribution in [0.2, 0.25) is 0 Å². The first-order valence-corrected chi connectivity index (χ1v) is 7.20. The molecular formula is C12H23NO2S. The molecule has 1 aliphatic rings. The smallest absolute Gasteiger partial charge is 0.410 e. The SMILES string of the molecule is CC(C)(C)OC(=O)N1CCCCSCCC1. The number of amides is 1. The van der Waals surface area contributed by atoms with E-state index in [2.05, 4.69) is 0 Å². The molecule has 0 aliphatic carbocycles. The van der Waals surface area contributed by atoms with Crippen LogP contribution in [0.4, 0.5) is 4.79 Å². The Morgan fingerprint density at radius 1 is 1.12 bits per heavy atom. The van der Waals surface area contributed by atoms with Crippen molar-refractivity contribution in [2.75, 3.05) is 24.6 Å². The molecule has 1 saturated heterocycles. The van der Waals surface area contributed by atoms with E-state index in [0.717, 1.165) is 31.7 Å². The van der Waals surface area contributed by atoms with Gasteiger partial charge in [-0.05, 0) is 51.5 Å². The maximum atomic E-state index is 11.9. The average Bonchev–Trinajstić information content (AvgIpc) is 2.27. The van der Waals surface area contributed by atoms with Gasteiger partial charge in [0.1, 0.15) is 5.60 Å². The van der Waals surface area contributed by atoms with Gasteiger partial charge >= 0.3 is 6.09 Å². The molecule has 0 spiro atoms. The molecule has 1 heterocycles. The molecule has 0 atom stereocenters. The lowest BCUT2D eigenvalue weighted by molar-refractivity contribution is 0.0249. The van der Waals surface area contributed by atoms with Crippen LogP contribution < -0.4 is 0 Å². The van der Waals surface area contributed by atoms with Crippen LogP contribution in [0, 0.1) is 0 Å². The largest absolute Gasteiger partial charge is 0.444 e. The second-order valence-electron chi connectivity index (χ2n) is 5.14. The number of carbonyl (C=O) groups excluding carboxylic acids is 1. The van der Waals surface area contributed by atoms with Gasteiger partial charge in [0.15, 0.2) is 0 Å². The Kier molecular flexibility index (Phi) is 5.46. The minimum Gasteiger partial charge on any atom is -0.444 e. The van der Waals surface area contributed by atoms with Gasteiger partial charge in [0, 0.05) is 13.1 Å². The van der Waals surface area contributed by atoms with E-state index in [9.17, 15) is 4.79 Å². The fourth-order valence-corrected chi connectivity index (χ4v) is 2.53. The van der Waals surface area contributed by atoms with Crippen molar-refractivity contribution in [1.29, 1.82) is 0 Å². The van der Waals surface area contributed by atoms with Gasteiger partial charge in [-0.1, -0.05) is 0 Å². The quantitative estimate of drug-likeness (QED) is 0.656. The van der Waals surface area contributed by atoms with Gasteiger partial charge in [0.25, 0.3) is 0 Å². The number of thioether (sulfide) groups is 1. The van der Waals surface area contributed by atoms with Gasteiger partial charge in [0.2, 0.25) is 0 Å². The molecule has 0 radical (unpaired) electrons. The van der Waals surface area contributed by atoms with Crippen LogP contribution in [-0.4, -0.2) is 41.2 Å². The monoisotopic (exact) mass is 245 g/mol. The van der Waals surface area contributed by atoms with Crippen molar-refractivity contribution in [3.8, 4) is 0 Å². The van der Waals surface area contributed by atoms with Gasteiger partial charge in [-0.25, -0.2) is 4.79 Å². The molecule has 0 aromatic rings. The van der Waals surface area contributed by atoms with Gasteiger partial charge in [0.05, 0.1) is 0 Å². The molecule has 0 unspecified atom stereocenters. The van der Waals surface area contributed by atoms with Crippen molar-refractivity contribution in [3.05, 3.63) is 0 Å². The lowest BCUT2D eigenvalue weighted by atomic mass is 10.2. The lowest BCUT2D eigenvalue weighted by Gasteiger charge is -2.27. The first kappa shape index (κ1) is 13.7. The molecule has 1 fully saturated rings. The fraction of sp³-hybridized carbons (Fsp3) is 0.917. The topological polar surface area (TPSA) is 29.5 Å². The Morgan fingerprint density at radius 2 is 1.75 bits per heavy atom. The molecule has 1 amide bonds. The Morgan fingerprint density at radius 3 is 2.44 bits per heavy atom. The summed E-state index contributed by atoms with van der Waals surface area (Å²) in [5.74, 6) is 2.38. The van der Waals surface area contributed by atoms with E-state index < -0.39 is 0 Å². The molecule has 4 heteroatoms. The second kappa shape index (κ2) is 6.38. The molecule has 0 aromatic carbocycles. The molecule has 1 aliphatic heterocycles. The third-order valence-electron chi connectivity index (χ3n) is 2.34. The van der Waals surface area contributed by atoms with Gasteiger partial charge in [-0.2, -0.15) is 11.8 Å². The highest BCUT2D eigenvalue weighted by Gasteiger charge is 2.21. The van der Waals surface area contributed by atoms with Crippen molar-refractivity contribution in [3.63, 3.8) is 0 Å². The summed E-state index contributed by atoms with van der Waals surface area (Å²) in [6.45, 7) is 7.42. The minimum absolute atomic E-state index is 0.153.